The molecule has 0 N–H and O–H groups in total. The highest BCUT2D eigenvalue weighted by atomic mass is 32.2. The smallest absolute Gasteiger partial charge is 0.427 e. The molecule has 2 aromatic carbocycles. The van der Waals surface area contributed by atoms with E-state index in [1.165, 1.54) is 37.0 Å². The molecule has 8 rings (SSSR count). The van der Waals surface area contributed by atoms with E-state index in [1.54, 1.807) is 74.2 Å². The zero-order chi connectivity index (χ0) is 45.3. The maximum Gasteiger partial charge on any atom is 0.427 e. The number of fused-ring (bicyclic) bond motifs is 5. The largest absolute Gasteiger partial charge is 0.497 e. The predicted octanol–water partition coefficient (Wildman–Crippen LogP) is 7.58. The molecule has 14 nitrogen and oxygen atoms in total. The number of anilines is 2. The van der Waals surface area contributed by atoms with Crippen molar-refractivity contribution in [2.24, 2.45) is 0 Å². The van der Waals surface area contributed by atoms with E-state index in [-0.39, 0.29) is 49.8 Å². The Labute approximate surface area is 359 Å². The number of halogens is 5. The highest BCUT2D eigenvalue weighted by Gasteiger charge is 2.61. The van der Waals surface area contributed by atoms with Crippen LogP contribution in [0.5, 0.6) is 17.4 Å². The number of methoxy groups -OCH3 is 2. The normalized spacial score (nSPS) is 19.6. The van der Waals surface area contributed by atoms with E-state index in [0.29, 0.717) is 11.5 Å². The SMILES string of the molecule is COc1ccc(CN(Cc2ccc(OC)cc2)c2nc(C)cc(-c3nc4c5c(nc(S(C)(=O)=O)nc5c3F)N3C[C@H]5CC[C@@H]([C@H]3[C@H](C(F)(F)F)O4)N5C(=O)OC(C)(C)C)c2F)cc1. The van der Waals surface area contributed by atoms with E-state index in [1.807, 2.05) is 0 Å². The highest BCUT2D eigenvalue weighted by molar-refractivity contribution is 7.90. The van der Waals surface area contributed by atoms with E-state index in [0.717, 1.165) is 17.4 Å². The van der Waals surface area contributed by atoms with Crippen LogP contribution in [0.1, 0.15) is 50.4 Å². The van der Waals surface area contributed by atoms with Crippen molar-refractivity contribution in [2.45, 2.75) is 94.8 Å². The molecule has 0 spiro atoms. The van der Waals surface area contributed by atoms with Gasteiger partial charge in [-0.25, -0.2) is 41.9 Å². The first-order valence-electron chi connectivity index (χ1n) is 20.0. The van der Waals surface area contributed by atoms with E-state index in [9.17, 15) is 13.2 Å². The molecule has 4 atom stereocenters. The second-order valence-electron chi connectivity index (χ2n) is 16.8. The van der Waals surface area contributed by atoms with Crippen LogP contribution in [-0.4, -0.2) is 102 Å². The first-order valence-corrected chi connectivity index (χ1v) is 21.8. The molecule has 5 aromatic rings. The van der Waals surface area contributed by atoms with Crippen LogP contribution in [0.2, 0.25) is 0 Å². The Bertz CT molecular complexity index is 2650. The van der Waals surface area contributed by atoms with Crippen LogP contribution in [0.4, 0.5) is 38.4 Å². The number of carbonyl (C=O) groups excluding carboxylic acids is 1. The molecule has 20 heteroatoms. The minimum absolute atomic E-state index is 0.0894. The van der Waals surface area contributed by atoms with Gasteiger partial charge in [-0.2, -0.15) is 13.2 Å². The third-order valence-corrected chi connectivity index (χ3v) is 12.0. The summed E-state index contributed by atoms with van der Waals surface area (Å²) in [7, 11) is -1.31. The maximum absolute atomic E-state index is 17.4. The zero-order valence-electron chi connectivity index (χ0n) is 35.3. The van der Waals surface area contributed by atoms with Gasteiger partial charge >= 0.3 is 12.3 Å². The van der Waals surface area contributed by atoms with Crippen LogP contribution in [0.25, 0.3) is 22.2 Å². The van der Waals surface area contributed by atoms with Crippen molar-refractivity contribution in [3.05, 3.63) is 83.1 Å². The van der Waals surface area contributed by atoms with E-state index in [2.05, 4.69) is 19.9 Å². The van der Waals surface area contributed by atoms with Gasteiger partial charge in [-0.05, 0) is 82.0 Å². The van der Waals surface area contributed by atoms with Crippen molar-refractivity contribution >= 4 is 38.5 Å². The van der Waals surface area contributed by atoms with Crippen LogP contribution in [0, 0.1) is 18.6 Å². The van der Waals surface area contributed by atoms with Crippen molar-refractivity contribution in [1.29, 1.82) is 0 Å². The molecule has 3 aromatic heterocycles. The topological polar surface area (TPSA) is 149 Å². The molecule has 63 heavy (non-hydrogen) atoms. The number of sulfone groups is 1. The fourth-order valence-electron chi connectivity index (χ4n) is 8.50. The van der Waals surface area contributed by atoms with Crippen molar-refractivity contribution < 1.29 is 54.1 Å². The summed E-state index contributed by atoms with van der Waals surface area (Å²) in [6.07, 6.45) is -7.53. The summed E-state index contributed by atoms with van der Waals surface area (Å²) in [5.74, 6) is -2.68. The Morgan fingerprint density at radius 1 is 0.889 bits per heavy atom. The van der Waals surface area contributed by atoms with Crippen molar-refractivity contribution in [2.75, 3.05) is 36.8 Å². The molecule has 334 valence electrons. The number of pyridine rings is 2. The van der Waals surface area contributed by atoms with Gasteiger partial charge in [0.15, 0.2) is 17.5 Å². The van der Waals surface area contributed by atoms with Crippen molar-refractivity contribution in [3.8, 4) is 28.6 Å². The summed E-state index contributed by atoms with van der Waals surface area (Å²) in [5, 5.41) is -1.34. The molecule has 3 aliphatic heterocycles. The van der Waals surface area contributed by atoms with Gasteiger partial charge in [0.2, 0.25) is 27.0 Å². The Morgan fingerprint density at radius 3 is 2.03 bits per heavy atom. The minimum Gasteiger partial charge on any atom is -0.497 e. The quantitative estimate of drug-likeness (QED) is 0.106. The lowest BCUT2D eigenvalue weighted by molar-refractivity contribution is -0.206. The maximum atomic E-state index is 17.4. The number of hydrogen-bond donors (Lipinski definition) is 0. The lowest BCUT2D eigenvalue weighted by Crippen LogP contribution is -2.68. The van der Waals surface area contributed by atoms with Crippen molar-refractivity contribution in [3.63, 3.8) is 0 Å². The first kappa shape index (κ1) is 43.6. The average molecular weight is 898 g/mol. The molecule has 0 unspecified atom stereocenters. The van der Waals surface area contributed by atoms with Gasteiger partial charge in [0.1, 0.15) is 39.5 Å². The third kappa shape index (κ3) is 8.31. The summed E-state index contributed by atoms with van der Waals surface area (Å²) in [6.45, 7) is 6.33. The number of aromatic nitrogens is 4. The van der Waals surface area contributed by atoms with Crippen LogP contribution in [0.15, 0.2) is 59.8 Å². The molecule has 2 fully saturated rings. The molecule has 0 saturated carbocycles. The number of amides is 1. The summed E-state index contributed by atoms with van der Waals surface area (Å²) in [5.41, 5.74) is -1.41. The highest BCUT2D eigenvalue weighted by Crippen LogP contribution is 2.49. The lowest BCUT2D eigenvalue weighted by Gasteiger charge is -2.48. The van der Waals surface area contributed by atoms with Gasteiger partial charge in [-0.1, -0.05) is 24.3 Å². The van der Waals surface area contributed by atoms with Gasteiger partial charge in [0.05, 0.1) is 32.3 Å². The fourth-order valence-corrected chi connectivity index (χ4v) is 9.01. The minimum atomic E-state index is -5.13. The number of nitrogens with zero attached hydrogens (tertiary/aromatic N) is 7. The molecule has 0 aliphatic carbocycles. The zero-order valence-corrected chi connectivity index (χ0v) is 36.1. The summed E-state index contributed by atoms with van der Waals surface area (Å²) in [6, 6.07) is 11.7. The Balaban J connectivity index is 1.31. The van der Waals surface area contributed by atoms with Crippen LogP contribution in [-0.2, 0) is 27.7 Å². The number of ether oxygens (including phenoxy) is 4. The van der Waals surface area contributed by atoms with Gasteiger partial charge in [-0.3, -0.25) is 4.90 Å². The number of benzene rings is 2. The van der Waals surface area contributed by atoms with Crippen molar-refractivity contribution in [1.82, 2.24) is 24.8 Å². The Kier molecular flexibility index (Phi) is 11.0. The number of piperazine rings is 1. The fraction of sp³-hybridized carbons (Fsp3) is 0.419. The molecule has 1 amide bonds. The van der Waals surface area contributed by atoms with Gasteiger partial charge in [0, 0.05) is 37.1 Å². The first-order chi connectivity index (χ1) is 29.6. The van der Waals surface area contributed by atoms with E-state index in [4.69, 9.17) is 18.9 Å². The molecule has 0 radical (unpaired) electrons. The van der Waals surface area contributed by atoms with Gasteiger partial charge in [-0.15, -0.1) is 0 Å². The molecule has 6 heterocycles. The standard InChI is InChI=1S/C43H44F5N7O7S/c1-22-18-28(31(44)38(49-22)53(19-23-8-13-26(59-5)14-9-23)20-24-10-15-27(60-6)16-11-24)33-32(45)34-30-37(52-40(51-34)63(7,57)58)54-21-25-12-17-29(55(25)41(56)62-42(2,3)4)35(54)36(43(46,47)48)61-39(30)50-33/h8-11,13-16,18,25,29,35-36H,12,17,19-21H2,1-7H3/t25-,29+,35+,36-/m1/s1. The number of hydrogen-bond acceptors (Lipinski definition) is 13. The summed E-state index contributed by atoms with van der Waals surface area (Å²) < 4.78 is 129. The second kappa shape index (κ2) is 15.9. The third-order valence-electron chi connectivity index (χ3n) is 11.2. The Morgan fingerprint density at radius 2 is 1.49 bits per heavy atom. The van der Waals surface area contributed by atoms with E-state index < -0.39 is 96.8 Å². The second-order valence-corrected chi connectivity index (χ2v) is 18.7. The summed E-state index contributed by atoms with van der Waals surface area (Å²) >= 11 is 0. The van der Waals surface area contributed by atoms with Crippen LogP contribution < -0.4 is 24.0 Å². The average Bonchev–Trinajstić information content (AvgIpc) is 3.46. The predicted molar refractivity (Wildman–Crippen MR) is 221 cm³/mol. The Hall–Kier alpha value is -6.05. The molecule has 3 aliphatic rings. The van der Waals surface area contributed by atoms with Gasteiger partial charge < -0.3 is 28.7 Å². The molecular weight excluding hydrogens is 854 g/mol. The van der Waals surface area contributed by atoms with Gasteiger partial charge in [0.25, 0.3) is 0 Å². The van der Waals surface area contributed by atoms with Crippen LogP contribution in [0.3, 0.4) is 0 Å². The van der Waals surface area contributed by atoms with Crippen LogP contribution >= 0.6 is 0 Å². The molecular formula is C43H44F5N7O7S. The monoisotopic (exact) mass is 897 g/mol. The number of aryl methyl sites for hydroxylation is 1. The number of rotatable bonds is 9. The lowest BCUT2D eigenvalue weighted by atomic mass is 9.96. The van der Waals surface area contributed by atoms with E-state index >= 15 is 22.0 Å². The molecule has 2 saturated heterocycles. The molecule has 2 bridgehead atoms. The number of alkyl halides is 3. The number of carbonyl (C=O) groups is 1. The summed E-state index contributed by atoms with van der Waals surface area (Å²) in [4.78, 5) is 34.7.